The van der Waals surface area contributed by atoms with Crippen LogP contribution in [-0.2, 0) is 0 Å². The number of aryl methyl sites for hydroxylation is 1. The van der Waals surface area contributed by atoms with Gasteiger partial charge in [0.25, 0.3) is 11.6 Å². The van der Waals surface area contributed by atoms with E-state index in [2.05, 4.69) is 37.8 Å². The number of carbonyl (C=O) groups is 1. The number of pyridine rings is 1. The molecule has 0 unspecified atom stereocenters. The van der Waals surface area contributed by atoms with E-state index < -0.39 is 0 Å². The largest absolute Gasteiger partial charge is 0.339 e. The Bertz CT molecular complexity index is 702. The van der Waals surface area contributed by atoms with Gasteiger partial charge >= 0.3 is 0 Å². The van der Waals surface area contributed by atoms with Gasteiger partial charge in [0, 0.05) is 18.8 Å². The standard InChI is InChI=1S/C19H29N3O2/c1-7-14(8-2)11-22(9-3)19(23)15-10-16(12(4)5)20-18-17(15)13(6)21-24-18/h10,12,14H,7-9,11H2,1-6H3. The maximum absolute atomic E-state index is 13.2. The highest BCUT2D eigenvalue weighted by Gasteiger charge is 2.24. The third-order valence-electron chi connectivity index (χ3n) is 4.76. The maximum atomic E-state index is 13.2. The van der Waals surface area contributed by atoms with E-state index in [1.54, 1.807) is 0 Å². The van der Waals surface area contributed by atoms with Crippen molar-refractivity contribution in [3.63, 3.8) is 0 Å². The van der Waals surface area contributed by atoms with E-state index in [0.29, 0.717) is 23.7 Å². The maximum Gasteiger partial charge on any atom is 0.259 e. The normalized spacial score (nSPS) is 11.7. The Hall–Kier alpha value is -1.91. The van der Waals surface area contributed by atoms with E-state index in [9.17, 15) is 4.79 Å². The van der Waals surface area contributed by atoms with Crippen LogP contribution in [0.15, 0.2) is 10.6 Å². The summed E-state index contributed by atoms with van der Waals surface area (Å²) >= 11 is 0. The Morgan fingerprint density at radius 3 is 2.46 bits per heavy atom. The van der Waals surface area contributed by atoms with Crippen LogP contribution in [0.1, 0.15) is 75.1 Å². The summed E-state index contributed by atoms with van der Waals surface area (Å²) in [6.07, 6.45) is 2.16. The number of hydrogen-bond donors (Lipinski definition) is 0. The van der Waals surface area contributed by atoms with E-state index in [-0.39, 0.29) is 11.8 Å². The zero-order valence-electron chi connectivity index (χ0n) is 15.7. The van der Waals surface area contributed by atoms with Crippen molar-refractivity contribution >= 4 is 17.0 Å². The number of nitrogens with zero attached hydrogens (tertiary/aromatic N) is 3. The SMILES string of the molecule is CCC(CC)CN(CC)C(=O)c1cc(C(C)C)nc2onc(C)c12. The van der Waals surface area contributed by atoms with Crippen LogP contribution in [0.2, 0.25) is 0 Å². The van der Waals surface area contributed by atoms with Crippen molar-refractivity contribution in [1.82, 2.24) is 15.0 Å². The topological polar surface area (TPSA) is 59.2 Å². The lowest BCUT2D eigenvalue weighted by molar-refractivity contribution is 0.0736. The van der Waals surface area contributed by atoms with Crippen LogP contribution in [0.3, 0.4) is 0 Å². The van der Waals surface area contributed by atoms with Crippen LogP contribution in [0, 0.1) is 12.8 Å². The third-order valence-corrected chi connectivity index (χ3v) is 4.76. The second-order valence-corrected chi connectivity index (χ2v) is 6.72. The van der Waals surface area contributed by atoms with Crippen molar-refractivity contribution in [1.29, 1.82) is 0 Å². The van der Waals surface area contributed by atoms with Gasteiger partial charge in [-0.3, -0.25) is 4.79 Å². The van der Waals surface area contributed by atoms with Crippen molar-refractivity contribution in [3.8, 4) is 0 Å². The van der Waals surface area contributed by atoms with Gasteiger partial charge in [-0.15, -0.1) is 0 Å². The number of carbonyl (C=O) groups excluding carboxylic acids is 1. The number of rotatable bonds is 7. The molecule has 0 saturated heterocycles. The zero-order chi connectivity index (χ0) is 17.9. The first-order valence-corrected chi connectivity index (χ1v) is 8.98. The molecule has 2 rings (SSSR count). The number of fused-ring (bicyclic) bond motifs is 1. The Balaban J connectivity index is 2.48. The highest BCUT2D eigenvalue weighted by atomic mass is 16.5. The highest BCUT2D eigenvalue weighted by molar-refractivity contribution is 6.06. The molecule has 0 radical (unpaired) electrons. The smallest absolute Gasteiger partial charge is 0.259 e. The quantitative estimate of drug-likeness (QED) is 0.746. The van der Waals surface area contributed by atoms with Gasteiger partial charge in [0.15, 0.2) is 0 Å². The third kappa shape index (κ3) is 3.60. The Morgan fingerprint density at radius 1 is 1.25 bits per heavy atom. The second-order valence-electron chi connectivity index (χ2n) is 6.72. The molecule has 0 aliphatic rings. The second kappa shape index (κ2) is 7.77. The molecule has 0 aromatic carbocycles. The van der Waals surface area contributed by atoms with Crippen LogP contribution in [0.5, 0.6) is 0 Å². The molecular weight excluding hydrogens is 302 g/mol. The lowest BCUT2D eigenvalue weighted by Gasteiger charge is -2.26. The summed E-state index contributed by atoms with van der Waals surface area (Å²) in [6.45, 7) is 13.9. The van der Waals surface area contributed by atoms with E-state index in [1.165, 1.54) is 0 Å². The van der Waals surface area contributed by atoms with Crippen LogP contribution in [-0.4, -0.2) is 34.0 Å². The van der Waals surface area contributed by atoms with Gasteiger partial charge in [-0.2, -0.15) is 0 Å². The molecule has 2 aromatic rings. The molecule has 5 nitrogen and oxygen atoms in total. The van der Waals surface area contributed by atoms with Gasteiger partial charge in [-0.1, -0.05) is 45.7 Å². The molecule has 0 atom stereocenters. The molecule has 5 heteroatoms. The number of aromatic nitrogens is 2. The van der Waals surface area contributed by atoms with Crippen LogP contribution < -0.4 is 0 Å². The first-order valence-electron chi connectivity index (χ1n) is 8.98. The van der Waals surface area contributed by atoms with Crippen LogP contribution in [0.25, 0.3) is 11.1 Å². The molecule has 0 saturated carbocycles. The summed E-state index contributed by atoms with van der Waals surface area (Å²) in [4.78, 5) is 19.7. The fourth-order valence-electron chi connectivity index (χ4n) is 2.96. The molecule has 0 aliphatic carbocycles. The number of amides is 1. The molecule has 0 fully saturated rings. The minimum Gasteiger partial charge on any atom is -0.339 e. The number of hydrogen-bond acceptors (Lipinski definition) is 4. The van der Waals surface area contributed by atoms with E-state index in [1.807, 2.05) is 24.8 Å². The van der Waals surface area contributed by atoms with Crippen LogP contribution >= 0.6 is 0 Å². The first kappa shape index (κ1) is 18.4. The van der Waals surface area contributed by atoms with Crippen molar-refractivity contribution in [2.45, 2.75) is 60.3 Å². The van der Waals surface area contributed by atoms with Gasteiger partial charge in [0.2, 0.25) is 0 Å². The fraction of sp³-hybridized carbons (Fsp3) is 0.632. The summed E-state index contributed by atoms with van der Waals surface area (Å²) in [7, 11) is 0. The van der Waals surface area contributed by atoms with Gasteiger partial charge in [-0.05, 0) is 31.7 Å². The highest BCUT2D eigenvalue weighted by Crippen LogP contribution is 2.26. The predicted molar refractivity (Wildman–Crippen MR) is 96.3 cm³/mol. The zero-order valence-corrected chi connectivity index (χ0v) is 15.7. The van der Waals surface area contributed by atoms with Crippen molar-refractivity contribution in [2.24, 2.45) is 5.92 Å². The minimum absolute atomic E-state index is 0.0463. The summed E-state index contributed by atoms with van der Waals surface area (Å²) in [6, 6.07) is 1.91. The molecular formula is C19H29N3O2. The average Bonchev–Trinajstić information content (AvgIpc) is 2.96. The Morgan fingerprint density at radius 2 is 1.92 bits per heavy atom. The Labute approximate surface area is 144 Å². The molecule has 0 spiro atoms. The van der Waals surface area contributed by atoms with E-state index in [0.717, 1.165) is 36.2 Å². The molecule has 0 aliphatic heterocycles. The Kier molecular flexibility index (Phi) is 5.97. The molecule has 2 aromatic heterocycles. The first-order chi connectivity index (χ1) is 11.4. The van der Waals surface area contributed by atoms with Crippen molar-refractivity contribution in [2.75, 3.05) is 13.1 Å². The van der Waals surface area contributed by atoms with Crippen molar-refractivity contribution < 1.29 is 9.32 Å². The van der Waals surface area contributed by atoms with Crippen molar-refractivity contribution in [3.05, 3.63) is 23.0 Å². The molecule has 0 bridgehead atoms. The minimum atomic E-state index is 0.0463. The molecule has 24 heavy (non-hydrogen) atoms. The molecule has 0 N–H and O–H groups in total. The van der Waals surface area contributed by atoms with E-state index in [4.69, 9.17) is 4.52 Å². The lowest BCUT2D eigenvalue weighted by Crippen LogP contribution is -2.35. The fourth-order valence-corrected chi connectivity index (χ4v) is 2.96. The molecule has 1 amide bonds. The van der Waals surface area contributed by atoms with Gasteiger partial charge in [0.05, 0.1) is 16.6 Å². The molecule has 132 valence electrons. The summed E-state index contributed by atoms with van der Waals surface area (Å²) in [5, 5.41) is 4.75. The van der Waals surface area contributed by atoms with Gasteiger partial charge in [-0.25, -0.2) is 4.98 Å². The van der Waals surface area contributed by atoms with E-state index >= 15 is 0 Å². The van der Waals surface area contributed by atoms with Gasteiger partial charge < -0.3 is 9.42 Å². The lowest BCUT2D eigenvalue weighted by atomic mass is 10.0. The summed E-state index contributed by atoms with van der Waals surface area (Å²) in [5.41, 5.74) is 2.70. The molecule has 2 heterocycles. The summed E-state index contributed by atoms with van der Waals surface area (Å²) in [5.74, 6) is 0.796. The average molecular weight is 331 g/mol. The monoisotopic (exact) mass is 331 g/mol. The van der Waals surface area contributed by atoms with Crippen LogP contribution in [0.4, 0.5) is 0 Å². The van der Waals surface area contributed by atoms with Gasteiger partial charge in [0.1, 0.15) is 0 Å². The summed E-state index contributed by atoms with van der Waals surface area (Å²) < 4.78 is 5.34. The predicted octanol–water partition coefficient (Wildman–Crippen LogP) is 4.55.